The molecule has 0 heterocycles. The molecule has 0 bridgehead atoms. The molecule has 0 saturated heterocycles. The second-order valence-corrected chi connectivity index (χ2v) is 6.45. The predicted octanol–water partition coefficient (Wildman–Crippen LogP) is 3.27. The lowest BCUT2D eigenvalue weighted by Crippen LogP contribution is -2.43. The molecule has 0 aromatic heterocycles. The molecule has 1 amide bonds. The van der Waals surface area contributed by atoms with Crippen LogP contribution in [0, 0.1) is 5.92 Å². The minimum Gasteiger partial charge on any atom is -0.444 e. The summed E-state index contributed by atoms with van der Waals surface area (Å²) in [5.74, 6) is 0.598. The van der Waals surface area contributed by atoms with Gasteiger partial charge in [-0.25, -0.2) is 4.79 Å². The normalized spacial score (nSPS) is 13.5. The van der Waals surface area contributed by atoms with Crippen molar-refractivity contribution in [2.45, 2.75) is 66.5 Å². The average Bonchev–Trinajstić information content (AvgIpc) is 2.25. The van der Waals surface area contributed by atoms with E-state index in [4.69, 9.17) is 4.74 Å². The van der Waals surface area contributed by atoms with Crippen LogP contribution in [0.4, 0.5) is 4.79 Å². The molecule has 0 aromatic rings. The second-order valence-electron chi connectivity index (χ2n) is 6.45. The van der Waals surface area contributed by atoms with Crippen molar-refractivity contribution in [2.24, 2.45) is 5.92 Å². The summed E-state index contributed by atoms with van der Waals surface area (Å²) in [4.78, 5) is 13.8. The summed E-state index contributed by atoms with van der Waals surface area (Å²) in [5, 5.41) is 3.44. The van der Waals surface area contributed by atoms with Crippen LogP contribution in [0.2, 0.25) is 0 Å². The van der Waals surface area contributed by atoms with Gasteiger partial charge in [0.1, 0.15) is 5.60 Å². The topological polar surface area (TPSA) is 41.6 Å². The smallest absolute Gasteiger partial charge is 0.410 e. The lowest BCUT2D eigenvalue weighted by molar-refractivity contribution is 0.0250. The van der Waals surface area contributed by atoms with Crippen molar-refractivity contribution in [3.63, 3.8) is 0 Å². The van der Waals surface area contributed by atoms with E-state index < -0.39 is 5.60 Å². The summed E-state index contributed by atoms with van der Waals surface area (Å²) in [7, 11) is 0. The maximum Gasteiger partial charge on any atom is 0.410 e. The number of carbonyl (C=O) groups is 1. The van der Waals surface area contributed by atoms with E-state index in [1.54, 1.807) is 4.90 Å². The molecule has 0 aliphatic carbocycles. The van der Waals surface area contributed by atoms with Crippen LogP contribution in [-0.4, -0.2) is 42.3 Å². The molecule has 0 aliphatic rings. The minimum absolute atomic E-state index is 0.214. The van der Waals surface area contributed by atoms with Crippen LogP contribution in [-0.2, 0) is 4.74 Å². The van der Waals surface area contributed by atoms with Gasteiger partial charge in [-0.15, -0.1) is 0 Å². The zero-order chi connectivity index (χ0) is 15.1. The summed E-state index contributed by atoms with van der Waals surface area (Å²) in [6.07, 6.45) is 0.729. The van der Waals surface area contributed by atoms with E-state index in [1.165, 1.54) is 0 Å². The fraction of sp³-hybridized carbons (Fsp3) is 0.933. The fourth-order valence-corrected chi connectivity index (χ4v) is 1.55. The van der Waals surface area contributed by atoms with Crippen molar-refractivity contribution in [3.8, 4) is 0 Å². The molecule has 4 nitrogen and oxygen atoms in total. The van der Waals surface area contributed by atoms with Gasteiger partial charge >= 0.3 is 6.09 Å². The molecular weight excluding hydrogens is 240 g/mol. The molecule has 4 heteroatoms. The highest BCUT2D eigenvalue weighted by Gasteiger charge is 2.21. The molecule has 0 rings (SSSR count). The number of amides is 1. The highest BCUT2D eigenvalue weighted by atomic mass is 16.6. The van der Waals surface area contributed by atoms with Crippen molar-refractivity contribution in [3.05, 3.63) is 0 Å². The second kappa shape index (κ2) is 8.41. The zero-order valence-electron chi connectivity index (χ0n) is 13.7. The van der Waals surface area contributed by atoms with E-state index in [2.05, 4.69) is 33.0 Å². The van der Waals surface area contributed by atoms with Crippen LogP contribution in [0.1, 0.15) is 54.9 Å². The van der Waals surface area contributed by atoms with E-state index in [-0.39, 0.29) is 6.09 Å². The van der Waals surface area contributed by atoms with Crippen LogP contribution in [0.15, 0.2) is 0 Å². The Hall–Kier alpha value is -0.770. The Balaban J connectivity index is 4.22. The Bertz CT molecular complexity index is 259. The summed E-state index contributed by atoms with van der Waals surface area (Å²) < 4.78 is 5.42. The van der Waals surface area contributed by atoms with Crippen molar-refractivity contribution in [1.29, 1.82) is 0 Å². The van der Waals surface area contributed by atoms with Gasteiger partial charge in [0.25, 0.3) is 0 Å². The molecule has 0 saturated carbocycles. The molecule has 1 unspecified atom stereocenters. The molecule has 1 atom stereocenters. The average molecular weight is 272 g/mol. The van der Waals surface area contributed by atoms with Gasteiger partial charge < -0.3 is 15.0 Å². The van der Waals surface area contributed by atoms with Crippen molar-refractivity contribution >= 4 is 6.09 Å². The standard InChI is InChI=1S/C15H32N2O2/c1-8-10-17(14(18)19-15(5,6)7)11-9-16-13(4)12(2)3/h12-13,16H,8-11H2,1-7H3. The van der Waals surface area contributed by atoms with Crippen molar-refractivity contribution < 1.29 is 9.53 Å². The maximum absolute atomic E-state index is 12.0. The Morgan fingerprint density at radius 1 is 1.21 bits per heavy atom. The SMILES string of the molecule is CCCN(CCNC(C)C(C)C)C(=O)OC(C)(C)C. The Kier molecular flexibility index (Phi) is 8.07. The van der Waals surface area contributed by atoms with Gasteiger partial charge in [0, 0.05) is 25.7 Å². The number of rotatable bonds is 7. The lowest BCUT2D eigenvalue weighted by atomic mass is 10.1. The number of nitrogens with zero attached hydrogens (tertiary/aromatic N) is 1. The summed E-state index contributed by atoms with van der Waals surface area (Å²) in [6.45, 7) is 16.6. The van der Waals surface area contributed by atoms with E-state index in [0.717, 1.165) is 19.5 Å². The van der Waals surface area contributed by atoms with Crippen molar-refractivity contribution in [2.75, 3.05) is 19.6 Å². The van der Waals surface area contributed by atoms with Gasteiger partial charge in [-0.2, -0.15) is 0 Å². The third-order valence-corrected chi connectivity index (χ3v) is 2.99. The molecule has 0 spiro atoms. The van der Waals surface area contributed by atoms with Gasteiger partial charge in [-0.1, -0.05) is 20.8 Å². The third kappa shape index (κ3) is 8.87. The van der Waals surface area contributed by atoms with Crippen LogP contribution in [0.5, 0.6) is 0 Å². The Labute approximate surface area is 118 Å². The van der Waals surface area contributed by atoms with Gasteiger partial charge in [0.05, 0.1) is 0 Å². The number of carbonyl (C=O) groups excluding carboxylic acids is 1. The van der Waals surface area contributed by atoms with Crippen LogP contribution in [0.3, 0.4) is 0 Å². The van der Waals surface area contributed by atoms with Gasteiger partial charge in [0.15, 0.2) is 0 Å². The Morgan fingerprint density at radius 3 is 2.21 bits per heavy atom. The van der Waals surface area contributed by atoms with Crippen LogP contribution in [0.25, 0.3) is 0 Å². The third-order valence-electron chi connectivity index (χ3n) is 2.99. The molecule has 0 radical (unpaired) electrons. The van der Waals surface area contributed by atoms with Crippen molar-refractivity contribution in [1.82, 2.24) is 10.2 Å². The van der Waals surface area contributed by atoms with Gasteiger partial charge in [-0.3, -0.25) is 0 Å². The highest BCUT2D eigenvalue weighted by Crippen LogP contribution is 2.10. The first kappa shape index (κ1) is 18.2. The lowest BCUT2D eigenvalue weighted by Gasteiger charge is -2.28. The highest BCUT2D eigenvalue weighted by molar-refractivity contribution is 5.68. The molecule has 0 aliphatic heterocycles. The van der Waals surface area contributed by atoms with Crippen LogP contribution >= 0.6 is 0 Å². The zero-order valence-corrected chi connectivity index (χ0v) is 13.7. The molecule has 1 N–H and O–H groups in total. The number of nitrogens with one attached hydrogen (secondary N) is 1. The fourth-order valence-electron chi connectivity index (χ4n) is 1.55. The molecule has 0 aromatic carbocycles. The molecule has 114 valence electrons. The summed E-state index contributed by atoms with van der Waals surface area (Å²) in [6, 6.07) is 0.460. The summed E-state index contributed by atoms with van der Waals surface area (Å²) >= 11 is 0. The first-order chi connectivity index (χ1) is 8.67. The summed E-state index contributed by atoms with van der Waals surface area (Å²) in [5.41, 5.74) is -0.429. The first-order valence-electron chi connectivity index (χ1n) is 7.38. The van der Waals surface area contributed by atoms with E-state index in [1.807, 2.05) is 20.8 Å². The monoisotopic (exact) mass is 272 g/mol. The van der Waals surface area contributed by atoms with E-state index in [9.17, 15) is 4.79 Å². The number of hydrogen-bond acceptors (Lipinski definition) is 3. The van der Waals surface area contributed by atoms with E-state index >= 15 is 0 Å². The predicted molar refractivity (Wildman–Crippen MR) is 80.4 cm³/mol. The molecule has 0 fully saturated rings. The number of ether oxygens (including phenoxy) is 1. The Morgan fingerprint density at radius 2 is 1.79 bits per heavy atom. The molecular formula is C15H32N2O2. The molecule has 19 heavy (non-hydrogen) atoms. The minimum atomic E-state index is -0.429. The first-order valence-corrected chi connectivity index (χ1v) is 7.38. The van der Waals surface area contributed by atoms with E-state index in [0.29, 0.717) is 18.5 Å². The van der Waals surface area contributed by atoms with Crippen LogP contribution < -0.4 is 5.32 Å². The van der Waals surface area contributed by atoms with Gasteiger partial charge in [-0.05, 0) is 40.0 Å². The van der Waals surface area contributed by atoms with Gasteiger partial charge in [0.2, 0.25) is 0 Å². The maximum atomic E-state index is 12.0. The largest absolute Gasteiger partial charge is 0.444 e. The quantitative estimate of drug-likeness (QED) is 0.773. The number of hydrogen-bond donors (Lipinski definition) is 1.